The molecule has 0 aliphatic carbocycles. The molecule has 150 valence electrons. The third-order valence-corrected chi connectivity index (χ3v) is 3.69. The fourth-order valence-electron chi connectivity index (χ4n) is 2.39. The maximum atomic E-state index is 12.4. The molecule has 3 amide bonds. The minimum atomic E-state index is -1.32. The Hall–Kier alpha value is -2.95. The van der Waals surface area contributed by atoms with Gasteiger partial charge >= 0.3 is 5.97 Å². The number of carboxylic acids is 1. The number of hydrogen-bond donors (Lipinski definition) is 6. The Kier molecular flexibility index (Phi) is 8.39. The molecule has 0 aromatic carbocycles. The van der Waals surface area contributed by atoms with E-state index in [2.05, 4.69) is 20.6 Å². The maximum absolute atomic E-state index is 12.4. The molecule has 0 bridgehead atoms. The number of primary amides is 1. The standard InChI is InChI=1S/C16H26N6O5/c1-8(2)3-10(17)14(24)21-11(5-13(18)23)15(25)22-12(16(26)27)4-9-6-19-7-20-9/h6-8,10-12H,3-5,17H2,1-2H3,(H2,18,23)(H,19,20)(H,21,24)(H,22,25)(H,26,27). The summed E-state index contributed by atoms with van der Waals surface area (Å²) < 4.78 is 0. The molecule has 0 saturated heterocycles. The minimum Gasteiger partial charge on any atom is -0.480 e. The average Bonchev–Trinajstić information content (AvgIpc) is 3.05. The average molecular weight is 382 g/mol. The summed E-state index contributed by atoms with van der Waals surface area (Å²) in [5, 5.41) is 14.0. The van der Waals surface area contributed by atoms with Gasteiger partial charge in [-0.15, -0.1) is 0 Å². The van der Waals surface area contributed by atoms with E-state index in [0.717, 1.165) is 0 Å². The molecule has 1 rings (SSSR count). The molecule has 8 N–H and O–H groups in total. The number of carbonyl (C=O) groups is 4. The zero-order valence-electron chi connectivity index (χ0n) is 15.3. The van der Waals surface area contributed by atoms with Crippen LogP contribution in [0.5, 0.6) is 0 Å². The smallest absolute Gasteiger partial charge is 0.326 e. The number of aliphatic carboxylic acids is 1. The zero-order chi connectivity index (χ0) is 20.6. The van der Waals surface area contributed by atoms with Crippen LogP contribution >= 0.6 is 0 Å². The molecule has 3 atom stereocenters. The Bertz CT molecular complexity index is 660. The first-order valence-corrected chi connectivity index (χ1v) is 8.44. The van der Waals surface area contributed by atoms with Crippen LogP contribution in [0.2, 0.25) is 0 Å². The van der Waals surface area contributed by atoms with Crippen LogP contribution in [0.3, 0.4) is 0 Å². The summed E-state index contributed by atoms with van der Waals surface area (Å²) in [6.45, 7) is 3.77. The Labute approximate surface area is 156 Å². The van der Waals surface area contributed by atoms with Crippen LogP contribution in [0.1, 0.15) is 32.4 Å². The predicted octanol–water partition coefficient (Wildman–Crippen LogP) is -1.74. The first-order valence-electron chi connectivity index (χ1n) is 8.44. The highest BCUT2D eigenvalue weighted by molar-refractivity contribution is 5.94. The normalized spacial score (nSPS) is 14.2. The van der Waals surface area contributed by atoms with Gasteiger partial charge in [0.25, 0.3) is 0 Å². The number of nitrogens with one attached hydrogen (secondary N) is 3. The van der Waals surface area contributed by atoms with Gasteiger partial charge in [-0.3, -0.25) is 14.4 Å². The number of nitrogens with zero attached hydrogens (tertiary/aromatic N) is 1. The van der Waals surface area contributed by atoms with Gasteiger partial charge in [-0.2, -0.15) is 0 Å². The lowest BCUT2D eigenvalue weighted by atomic mass is 10.0. The van der Waals surface area contributed by atoms with Gasteiger partial charge < -0.3 is 32.2 Å². The van der Waals surface area contributed by atoms with E-state index >= 15 is 0 Å². The molecule has 1 aromatic heterocycles. The molecule has 11 heteroatoms. The molecule has 0 radical (unpaired) electrons. The van der Waals surface area contributed by atoms with Gasteiger partial charge in [0.15, 0.2) is 0 Å². The zero-order valence-corrected chi connectivity index (χ0v) is 15.3. The van der Waals surface area contributed by atoms with E-state index in [-0.39, 0.29) is 12.3 Å². The Morgan fingerprint density at radius 2 is 1.81 bits per heavy atom. The lowest BCUT2D eigenvalue weighted by Crippen LogP contribution is -2.55. The summed E-state index contributed by atoms with van der Waals surface area (Å²) >= 11 is 0. The van der Waals surface area contributed by atoms with Crippen molar-refractivity contribution in [2.45, 2.75) is 51.2 Å². The summed E-state index contributed by atoms with van der Waals surface area (Å²) in [6.07, 6.45) is 2.65. The van der Waals surface area contributed by atoms with Crippen molar-refractivity contribution in [2.24, 2.45) is 17.4 Å². The van der Waals surface area contributed by atoms with E-state index in [0.29, 0.717) is 12.1 Å². The van der Waals surface area contributed by atoms with E-state index in [1.165, 1.54) is 12.5 Å². The van der Waals surface area contributed by atoms with Crippen molar-refractivity contribution in [3.05, 3.63) is 18.2 Å². The van der Waals surface area contributed by atoms with Crippen LogP contribution in [0.25, 0.3) is 0 Å². The van der Waals surface area contributed by atoms with Crippen molar-refractivity contribution in [1.82, 2.24) is 20.6 Å². The van der Waals surface area contributed by atoms with Gasteiger partial charge in [0.2, 0.25) is 17.7 Å². The Morgan fingerprint density at radius 3 is 2.30 bits per heavy atom. The highest BCUT2D eigenvalue weighted by atomic mass is 16.4. The maximum Gasteiger partial charge on any atom is 0.326 e. The van der Waals surface area contributed by atoms with Gasteiger partial charge in [-0.25, -0.2) is 9.78 Å². The fraction of sp³-hybridized carbons (Fsp3) is 0.562. The quantitative estimate of drug-likeness (QED) is 0.261. The first kappa shape index (κ1) is 22.1. The molecule has 3 unspecified atom stereocenters. The number of carbonyl (C=O) groups excluding carboxylic acids is 3. The topological polar surface area (TPSA) is 193 Å². The largest absolute Gasteiger partial charge is 0.480 e. The summed E-state index contributed by atoms with van der Waals surface area (Å²) in [7, 11) is 0. The van der Waals surface area contributed by atoms with Crippen LogP contribution in [0.15, 0.2) is 12.5 Å². The van der Waals surface area contributed by atoms with Crippen molar-refractivity contribution >= 4 is 23.7 Å². The Balaban J connectivity index is 2.81. The van der Waals surface area contributed by atoms with Crippen molar-refractivity contribution in [3.63, 3.8) is 0 Å². The van der Waals surface area contributed by atoms with E-state index in [1.54, 1.807) is 0 Å². The van der Waals surface area contributed by atoms with E-state index < -0.39 is 48.2 Å². The van der Waals surface area contributed by atoms with Crippen molar-refractivity contribution in [2.75, 3.05) is 0 Å². The highest BCUT2D eigenvalue weighted by Crippen LogP contribution is 2.05. The van der Waals surface area contributed by atoms with Gasteiger partial charge in [0, 0.05) is 18.3 Å². The molecule has 0 aliphatic rings. The molecule has 27 heavy (non-hydrogen) atoms. The van der Waals surface area contributed by atoms with Crippen LogP contribution in [0, 0.1) is 5.92 Å². The lowest BCUT2D eigenvalue weighted by molar-refractivity contribution is -0.142. The van der Waals surface area contributed by atoms with Gasteiger partial charge in [-0.1, -0.05) is 13.8 Å². The van der Waals surface area contributed by atoms with Crippen LogP contribution in [-0.2, 0) is 25.6 Å². The van der Waals surface area contributed by atoms with Crippen molar-refractivity contribution in [1.29, 1.82) is 0 Å². The summed E-state index contributed by atoms with van der Waals surface area (Å²) in [6, 6.07) is -3.47. The summed E-state index contributed by atoms with van der Waals surface area (Å²) in [4.78, 5) is 53.8. The van der Waals surface area contributed by atoms with Crippen LogP contribution in [-0.4, -0.2) is 56.9 Å². The lowest BCUT2D eigenvalue weighted by Gasteiger charge is -2.22. The van der Waals surface area contributed by atoms with Gasteiger partial charge in [0.05, 0.1) is 18.8 Å². The van der Waals surface area contributed by atoms with Gasteiger partial charge in [-0.05, 0) is 12.3 Å². The SMILES string of the molecule is CC(C)CC(N)C(=O)NC(CC(N)=O)C(=O)NC(Cc1cnc[nH]1)C(=O)O. The second kappa shape index (κ2) is 10.3. The van der Waals surface area contributed by atoms with E-state index in [9.17, 15) is 24.3 Å². The molecule has 0 spiro atoms. The number of hydrogen-bond acceptors (Lipinski definition) is 6. The number of rotatable bonds is 11. The van der Waals surface area contributed by atoms with E-state index in [4.69, 9.17) is 11.5 Å². The molecule has 11 nitrogen and oxygen atoms in total. The molecule has 0 fully saturated rings. The number of imidazole rings is 1. The second-order valence-corrected chi connectivity index (χ2v) is 6.65. The predicted molar refractivity (Wildman–Crippen MR) is 95.0 cm³/mol. The first-order chi connectivity index (χ1) is 12.6. The molecule has 0 saturated carbocycles. The number of amides is 3. The summed E-state index contributed by atoms with van der Waals surface area (Å²) in [5.41, 5.74) is 11.4. The third kappa shape index (κ3) is 7.86. The summed E-state index contributed by atoms with van der Waals surface area (Å²) in [5.74, 6) is -3.41. The molecular formula is C16H26N6O5. The second-order valence-electron chi connectivity index (χ2n) is 6.65. The van der Waals surface area contributed by atoms with E-state index in [1.807, 2.05) is 13.8 Å². The van der Waals surface area contributed by atoms with Crippen LogP contribution < -0.4 is 22.1 Å². The molecule has 1 heterocycles. The highest BCUT2D eigenvalue weighted by Gasteiger charge is 2.29. The monoisotopic (exact) mass is 382 g/mol. The number of carboxylic acid groups (broad SMARTS) is 1. The molecule has 0 aliphatic heterocycles. The minimum absolute atomic E-state index is 0.0504. The number of aromatic nitrogens is 2. The number of aromatic amines is 1. The fourth-order valence-corrected chi connectivity index (χ4v) is 2.39. The number of nitrogens with two attached hydrogens (primary N) is 2. The van der Waals surface area contributed by atoms with Crippen molar-refractivity contribution < 1.29 is 24.3 Å². The number of H-pyrrole nitrogens is 1. The third-order valence-electron chi connectivity index (χ3n) is 3.69. The Morgan fingerprint density at radius 1 is 1.19 bits per heavy atom. The van der Waals surface area contributed by atoms with Crippen LogP contribution in [0.4, 0.5) is 0 Å². The van der Waals surface area contributed by atoms with Gasteiger partial charge in [0.1, 0.15) is 12.1 Å². The molecule has 1 aromatic rings. The molecular weight excluding hydrogens is 356 g/mol. The van der Waals surface area contributed by atoms with Crippen molar-refractivity contribution in [3.8, 4) is 0 Å².